The fourth-order valence-electron chi connectivity index (χ4n) is 2.28. The topological polar surface area (TPSA) is 49.4 Å². The molecule has 0 atom stereocenters. The molecule has 1 heterocycles. The molecule has 0 saturated carbocycles. The SMILES string of the molecule is O=C1N/C(=C/c2cccc(Cl)c2)C(=O)N1Cc1ccccc1F. The van der Waals surface area contributed by atoms with Crippen molar-refractivity contribution in [2.75, 3.05) is 0 Å². The average molecular weight is 331 g/mol. The predicted octanol–water partition coefficient (Wildman–Crippen LogP) is 3.57. The molecule has 0 spiro atoms. The first-order chi connectivity index (χ1) is 11.0. The Hall–Kier alpha value is -2.66. The van der Waals surface area contributed by atoms with Gasteiger partial charge < -0.3 is 5.32 Å². The maximum absolute atomic E-state index is 13.7. The normalized spacial score (nSPS) is 16.1. The molecule has 2 aromatic carbocycles. The van der Waals surface area contributed by atoms with Crippen molar-refractivity contribution in [3.63, 3.8) is 0 Å². The van der Waals surface area contributed by atoms with Crippen LogP contribution in [0.25, 0.3) is 6.08 Å². The van der Waals surface area contributed by atoms with Crippen LogP contribution in [0.3, 0.4) is 0 Å². The highest BCUT2D eigenvalue weighted by atomic mass is 35.5. The molecule has 3 amide bonds. The zero-order valence-corrected chi connectivity index (χ0v) is 12.7. The van der Waals surface area contributed by atoms with E-state index in [9.17, 15) is 14.0 Å². The van der Waals surface area contributed by atoms with Crippen LogP contribution in [0, 0.1) is 5.82 Å². The van der Waals surface area contributed by atoms with E-state index in [1.807, 2.05) is 0 Å². The van der Waals surface area contributed by atoms with Gasteiger partial charge in [-0.15, -0.1) is 0 Å². The Balaban J connectivity index is 1.84. The lowest BCUT2D eigenvalue weighted by Crippen LogP contribution is -2.30. The molecule has 0 aromatic heterocycles. The van der Waals surface area contributed by atoms with Crippen LogP contribution in [0.2, 0.25) is 5.02 Å². The van der Waals surface area contributed by atoms with Crippen LogP contribution in [-0.4, -0.2) is 16.8 Å². The van der Waals surface area contributed by atoms with Gasteiger partial charge in [0.1, 0.15) is 11.5 Å². The van der Waals surface area contributed by atoms with Gasteiger partial charge in [0.2, 0.25) is 0 Å². The minimum absolute atomic E-state index is 0.121. The van der Waals surface area contributed by atoms with E-state index >= 15 is 0 Å². The van der Waals surface area contributed by atoms with Gasteiger partial charge in [-0.25, -0.2) is 9.18 Å². The largest absolute Gasteiger partial charge is 0.329 e. The Kier molecular flexibility index (Phi) is 4.12. The predicted molar refractivity (Wildman–Crippen MR) is 84.9 cm³/mol. The summed E-state index contributed by atoms with van der Waals surface area (Å²) < 4.78 is 13.7. The number of hydrogen-bond acceptors (Lipinski definition) is 2. The summed E-state index contributed by atoms with van der Waals surface area (Å²) in [5, 5.41) is 3.02. The van der Waals surface area contributed by atoms with E-state index < -0.39 is 17.8 Å². The van der Waals surface area contributed by atoms with Gasteiger partial charge in [0.05, 0.1) is 6.54 Å². The van der Waals surface area contributed by atoms with E-state index in [0.717, 1.165) is 4.90 Å². The van der Waals surface area contributed by atoms with E-state index in [2.05, 4.69) is 5.32 Å². The van der Waals surface area contributed by atoms with Gasteiger partial charge in [-0.3, -0.25) is 9.69 Å². The molecule has 2 aromatic rings. The number of carbonyl (C=O) groups excluding carboxylic acids is 2. The first-order valence-corrected chi connectivity index (χ1v) is 7.26. The third kappa shape index (κ3) is 3.24. The molecular weight excluding hydrogens is 319 g/mol. The van der Waals surface area contributed by atoms with E-state index in [4.69, 9.17) is 11.6 Å². The molecule has 3 rings (SSSR count). The molecule has 1 aliphatic heterocycles. The summed E-state index contributed by atoms with van der Waals surface area (Å²) in [5.74, 6) is -0.960. The van der Waals surface area contributed by atoms with Gasteiger partial charge in [0.25, 0.3) is 5.91 Å². The fourth-order valence-corrected chi connectivity index (χ4v) is 2.47. The smallest absolute Gasteiger partial charge is 0.303 e. The molecule has 6 heteroatoms. The molecule has 23 heavy (non-hydrogen) atoms. The highest BCUT2D eigenvalue weighted by Gasteiger charge is 2.33. The van der Waals surface area contributed by atoms with Crippen LogP contribution in [-0.2, 0) is 11.3 Å². The van der Waals surface area contributed by atoms with Crippen LogP contribution in [0.4, 0.5) is 9.18 Å². The lowest BCUT2D eigenvalue weighted by molar-refractivity contribution is -0.123. The van der Waals surface area contributed by atoms with Crippen LogP contribution >= 0.6 is 11.6 Å². The summed E-state index contributed by atoms with van der Waals surface area (Å²) in [6.45, 7) is -0.121. The van der Waals surface area contributed by atoms with Crippen molar-refractivity contribution in [3.8, 4) is 0 Å². The quantitative estimate of drug-likeness (QED) is 0.691. The van der Waals surface area contributed by atoms with Crippen molar-refractivity contribution in [2.24, 2.45) is 0 Å². The molecule has 0 unspecified atom stereocenters. The molecule has 1 aliphatic rings. The average Bonchev–Trinajstić information content (AvgIpc) is 2.77. The molecular formula is C17H12ClFN2O2. The molecule has 116 valence electrons. The lowest BCUT2D eigenvalue weighted by Gasteiger charge is -2.12. The van der Waals surface area contributed by atoms with Gasteiger partial charge in [0.15, 0.2) is 0 Å². The second kappa shape index (κ2) is 6.22. The van der Waals surface area contributed by atoms with Crippen LogP contribution in [0.1, 0.15) is 11.1 Å². The van der Waals surface area contributed by atoms with Gasteiger partial charge in [-0.2, -0.15) is 0 Å². The number of nitrogens with one attached hydrogen (secondary N) is 1. The Labute approximate surface area is 137 Å². The summed E-state index contributed by atoms with van der Waals surface area (Å²) in [6.07, 6.45) is 1.54. The van der Waals surface area contributed by atoms with Gasteiger partial charge in [0, 0.05) is 10.6 Å². The number of halogens is 2. The summed E-state index contributed by atoms with van der Waals surface area (Å²) in [5.41, 5.74) is 1.10. The lowest BCUT2D eigenvalue weighted by atomic mass is 10.2. The monoisotopic (exact) mass is 330 g/mol. The van der Waals surface area contributed by atoms with E-state index in [0.29, 0.717) is 10.6 Å². The molecule has 0 aliphatic carbocycles. The van der Waals surface area contributed by atoms with Crippen molar-refractivity contribution in [1.82, 2.24) is 10.2 Å². The number of imide groups is 1. The molecule has 1 saturated heterocycles. The molecule has 0 radical (unpaired) electrons. The third-order valence-electron chi connectivity index (χ3n) is 3.41. The number of amides is 3. The van der Waals surface area contributed by atoms with Crippen molar-refractivity contribution in [3.05, 3.63) is 76.2 Å². The van der Waals surface area contributed by atoms with Gasteiger partial charge in [-0.1, -0.05) is 41.9 Å². The maximum Gasteiger partial charge on any atom is 0.329 e. The number of rotatable bonds is 3. The number of urea groups is 1. The standard InChI is InChI=1S/C17H12ClFN2O2/c18-13-6-3-4-11(8-13)9-15-16(22)21(17(23)20-15)10-12-5-1-2-7-14(12)19/h1-9H,10H2,(H,20,23)/b15-9+. The van der Waals surface area contributed by atoms with Crippen molar-refractivity contribution >= 4 is 29.6 Å². The molecule has 0 bridgehead atoms. The van der Waals surface area contributed by atoms with Crippen molar-refractivity contribution in [1.29, 1.82) is 0 Å². The summed E-state index contributed by atoms with van der Waals surface area (Å²) >= 11 is 5.90. The fraction of sp³-hybridized carbons (Fsp3) is 0.0588. The Morgan fingerprint density at radius 1 is 1.13 bits per heavy atom. The minimum atomic E-state index is -0.577. The van der Waals surface area contributed by atoms with Gasteiger partial charge >= 0.3 is 6.03 Å². The molecule has 1 N–H and O–H groups in total. The van der Waals surface area contributed by atoms with Crippen molar-refractivity contribution < 1.29 is 14.0 Å². The first-order valence-electron chi connectivity index (χ1n) is 6.88. The highest BCUT2D eigenvalue weighted by molar-refractivity contribution is 6.30. The van der Waals surface area contributed by atoms with E-state index in [-0.39, 0.29) is 17.8 Å². The Morgan fingerprint density at radius 2 is 1.91 bits per heavy atom. The number of hydrogen-bond donors (Lipinski definition) is 1. The third-order valence-corrected chi connectivity index (χ3v) is 3.64. The zero-order valence-electron chi connectivity index (χ0n) is 11.9. The zero-order chi connectivity index (χ0) is 16.4. The highest BCUT2D eigenvalue weighted by Crippen LogP contribution is 2.19. The Morgan fingerprint density at radius 3 is 2.65 bits per heavy atom. The number of nitrogens with zero attached hydrogens (tertiary/aromatic N) is 1. The van der Waals surface area contributed by atoms with Crippen LogP contribution in [0.15, 0.2) is 54.2 Å². The summed E-state index contributed by atoms with van der Waals surface area (Å²) in [7, 11) is 0. The van der Waals surface area contributed by atoms with Crippen LogP contribution < -0.4 is 5.32 Å². The summed E-state index contributed by atoms with van der Waals surface area (Å²) in [4.78, 5) is 25.3. The second-order valence-corrected chi connectivity index (χ2v) is 5.46. The van der Waals surface area contributed by atoms with Crippen molar-refractivity contribution in [2.45, 2.75) is 6.54 Å². The maximum atomic E-state index is 13.7. The van der Waals surface area contributed by atoms with Gasteiger partial charge in [-0.05, 0) is 29.8 Å². The molecule has 1 fully saturated rings. The summed E-state index contributed by atoms with van der Waals surface area (Å²) in [6, 6.07) is 12.3. The minimum Gasteiger partial charge on any atom is -0.303 e. The molecule has 4 nitrogen and oxygen atoms in total. The number of carbonyl (C=O) groups is 2. The van der Waals surface area contributed by atoms with Crippen LogP contribution in [0.5, 0.6) is 0 Å². The Bertz CT molecular complexity index is 820. The van der Waals surface area contributed by atoms with E-state index in [1.165, 1.54) is 18.2 Å². The second-order valence-electron chi connectivity index (χ2n) is 5.03. The first kappa shape index (κ1) is 15.2. The number of benzene rings is 2. The van der Waals surface area contributed by atoms with E-state index in [1.54, 1.807) is 36.4 Å².